The standard InChI is InChI=1S/C26H30N2O5/c29-15-14-27-26(31)24(17-19-3-7-22(8-4-19)33-23-11-12-23)28-25(30)20-5-9-21(10-6-20)32-16-13-18-1-2-18/h3-10,17-18,23,29H,1-2,11-16H2,(H,27,31)(H,28,30). The quantitative estimate of drug-likeness (QED) is 0.431. The normalized spacial score (nSPS) is 15.6. The third-order valence-corrected chi connectivity index (χ3v) is 5.52. The molecule has 7 heteroatoms. The van der Waals surface area contributed by atoms with E-state index >= 15 is 0 Å². The Hall–Kier alpha value is -3.32. The monoisotopic (exact) mass is 450 g/mol. The van der Waals surface area contributed by atoms with Gasteiger partial charge in [0.1, 0.15) is 17.2 Å². The van der Waals surface area contributed by atoms with E-state index in [0.29, 0.717) is 18.3 Å². The highest BCUT2D eigenvalue weighted by atomic mass is 16.5. The van der Waals surface area contributed by atoms with Crippen LogP contribution in [0.15, 0.2) is 54.2 Å². The molecule has 0 aromatic heterocycles. The number of rotatable bonds is 12. The van der Waals surface area contributed by atoms with E-state index in [-0.39, 0.29) is 18.8 Å². The molecule has 2 saturated carbocycles. The molecule has 0 bridgehead atoms. The zero-order chi connectivity index (χ0) is 23.0. The van der Waals surface area contributed by atoms with Crippen molar-refractivity contribution in [3.63, 3.8) is 0 Å². The summed E-state index contributed by atoms with van der Waals surface area (Å²) in [6, 6.07) is 14.2. The van der Waals surface area contributed by atoms with E-state index in [1.807, 2.05) is 24.3 Å². The van der Waals surface area contributed by atoms with Crippen molar-refractivity contribution >= 4 is 17.9 Å². The maximum atomic E-state index is 12.8. The van der Waals surface area contributed by atoms with Gasteiger partial charge >= 0.3 is 0 Å². The Morgan fingerprint density at radius 1 is 0.970 bits per heavy atom. The molecule has 33 heavy (non-hydrogen) atoms. The van der Waals surface area contributed by atoms with Crippen LogP contribution in [0.4, 0.5) is 0 Å². The highest BCUT2D eigenvalue weighted by Crippen LogP contribution is 2.32. The highest BCUT2D eigenvalue weighted by molar-refractivity contribution is 6.05. The second-order valence-electron chi connectivity index (χ2n) is 8.48. The maximum Gasteiger partial charge on any atom is 0.267 e. The molecule has 0 radical (unpaired) electrons. The molecular formula is C26H30N2O5. The molecule has 2 amide bonds. The molecule has 0 aliphatic heterocycles. The Morgan fingerprint density at radius 3 is 2.30 bits per heavy atom. The van der Waals surface area contributed by atoms with Crippen LogP contribution in [0.25, 0.3) is 6.08 Å². The Bertz CT molecular complexity index is 977. The van der Waals surface area contributed by atoms with Gasteiger partial charge in [-0.3, -0.25) is 9.59 Å². The average Bonchev–Trinajstić information content (AvgIpc) is 3.75. The first-order valence-electron chi connectivity index (χ1n) is 11.5. The van der Waals surface area contributed by atoms with Crippen molar-refractivity contribution in [2.24, 2.45) is 5.92 Å². The lowest BCUT2D eigenvalue weighted by atomic mass is 10.1. The third kappa shape index (κ3) is 7.36. The van der Waals surface area contributed by atoms with Crippen molar-refractivity contribution in [3.8, 4) is 11.5 Å². The summed E-state index contributed by atoms with van der Waals surface area (Å²) in [6.07, 6.45) is 7.71. The summed E-state index contributed by atoms with van der Waals surface area (Å²) in [6.45, 7) is 0.577. The zero-order valence-corrected chi connectivity index (χ0v) is 18.6. The molecule has 0 atom stereocenters. The number of nitrogens with one attached hydrogen (secondary N) is 2. The third-order valence-electron chi connectivity index (χ3n) is 5.52. The minimum Gasteiger partial charge on any atom is -0.494 e. The highest BCUT2D eigenvalue weighted by Gasteiger charge is 2.23. The van der Waals surface area contributed by atoms with Crippen molar-refractivity contribution in [3.05, 3.63) is 65.4 Å². The summed E-state index contributed by atoms with van der Waals surface area (Å²) in [5.74, 6) is 1.43. The van der Waals surface area contributed by atoms with Crippen molar-refractivity contribution in [2.45, 2.75) is 38.2 Å². The van der Waals surface area contributed by atoms with Gasteiger partial charge in [0, 0.05) is 12.1 Å². The van der Waals surface area contributed by atoms with Crippen LogP contribution in [0.3, 0.4) is 0 Å². The first-order chi connectivity index (χ1) is 16.1. The number of carbonyl (C=O) groups excluding carboxylic acids is 2. The summed E-state index contributed by atoms with van der Waals surface area (Å²) in [4.78, 5) is 25.4. The van der Waals surface area contributed by atoms with Gasteiger partial charge in [-0.2, -0.15) is 0 Å². The van der Waals surface area contributed by atoms with Crippen LogP contribution >= 0.6 is 0 Å². The fraction of sp³-hybridized carbons (Fsp3) is 0.385. The molecule has 0 heterocycles. The molecule has 174 valence electrons. The second kappa shape index (κ2) is 11.0. The Kier molecular flexibility index (Phi) is 7.62. The lowest BCUT2D eigenvalue weighted by molar-refractivity contribution is -0.117. The molecule has 2 aromatic rings. The number of ether oxygens (including phenoxy) is 2. The number of amides is 2. The fourth-order valence-corrected chi connectivity index (χ4v) is 3.26. The first kappa shape index (κ1) is 22.9. The van der Waals surface area contributed by atoms with Gasteiger partial charge < -0.3 is 25.2 Å². The van der Waals surface area contributed by atoms with Crippen molar-refractivity contribution in [2.75, 3.05) is 19.8 Å². The van der Waals surface area contributed by atoms with Gasteiger partial charge in [-0.25, -0.2) is 0 Å². The maximum absolute atomic E-state index is 12.8. The van der Waals surface area contributed by atoms with Crippen LogP contribution in [-0.2, 0) is 4.79 Å². The van der Waals surface area contributed by atoms with E-state index in [2.05, 4.69) is 10.6 Å². The summed E-state index contributed by atoms with van der Waals surface area (Å²) in [5.41, 5.74) is 1.25. The van der Waals surface area contributed by atoms with Gasteiger partial charge in [0.05, 0.1) is 19.3 Å². The van der Waals surface area contributed by atoms with E-state index in [1.54, 1.807) is 30.3 Å². The molecule has 2 aliphatic rings. The smallest absolute Gasteiger partial charge is 0.267 e. The van der Waals surface area contributed by atoms with E-state index in [0.717, 1.165) is 42.2 Å². The number of hydrogen-bond donors (Lipinski definition) is 3. The van der Waals surface area contributed by atoms with Gasteiger partial charge in [0.2, 0.25) is 0 Å². The number of aliphatic hydroxyl groups excluding tert-OH is 1. The van der Waals surface area contributed by atoms with E-state index in [4.69, 9.17) is 14.6 Å². The molecule has 7 nitrogen and oxygen atoms in total. The molecule has 4 rings (SSSR count). The summed E-state index contributed by atoms with van der Waals surface area (Å²) >= 11 is 0. The van der Waals surface area contributed by atoms with Gasteiger partial charge in [0.15, 0.2) is 0 Å². The minimum atomic E-state index is -0.476. The van der Waals surface area contributed by atoms with Crippen LogP contribution in [0, 0.1) is 5.92 Å². The predicted octanol–water partition coefficient (Wildman–Crippen LogP) is 3.29. The summed E-state index contributed by atoms with van der Waals surface area (Å²) < 4.78 is 11.5. The van der Waals surface area contributed by atoms with Crippen LogP contribution in [0.5, 0.6) is 11.5 Å². The molecule has 0 unspecified atom stereocenters. The topological polar surface area (TPSA) is 96.9 Å². The lowest BCUT2D eigenvalue weighted by Crippen LogP contribution is -2.36. The first-order valence-corrected chi connectivity index (χ1v) is 11.5. The van der Waals surface area contributed by atoms with E-state index in [9.17, 15) is 9.59 Å². The largest absolute Gasteiger partial charge is 0.494 e. The lowest BCUT2D eigenvalue weighted by Gasteiger charge is -2.12. The summed E-state index contributed by atoms with van der Waals surface area (Å²) in [7, 11) is 0. The van der Waals surface area contributed by atoms with Crippen molar-refractivity contribution in [1.29, 1.82) is 0 Å². The number of aliphatic hydroxyl groups is 1. The number of carbonyl (C=O) groups is 2. The van der Waals surface area contributed by atoms with Gasteiger partial charge in [-0.05, 0) is 73.2 Å². The molecular weight excluding hydrogens is 420 g/mol. The van der Waals surface area contributed by atoms with Crippen molar-refractivity contribution in [1.82, 2.24) is 10.6 Å². The van der Waals surface area contributed by atoms with E-state index < -0.39 is 11.8 Å². The molecule has 2 aromatic carbocycles. The minimum absolute atomic E-state index is 0.0904. The van der Waals surface area contributed by atoms with E-state index in [1.165, 1.54) is 12.8 Å². The predicted molar refractivity (Wildman–Crippen MR) is 125 cm³/mol. The SMILES string of the molecule is O=C(NCCO)C(=Cc1ccc(OC2CC2)cc1)NC(=O)c1ccc(OCCC2CC2)cc1. The van der Waals surface area contributed by atoms with Crippen LogP contribution < -0.4 is 20.1 Å². The molecule has 2 fully saturated rings. The number of benzene rings is 2. The molecule has 3 N–H and O–H groups in total. The molecule has 2 aliphatic carbocycles. The van der Waals surface area contributed by atoms with Crippen LogP contribution in [-0.4, -0.2) is 42.8 Å². The summed E-state index contributed by atoms with van der Waals surface area (Å²) in [5, 5.41) is 14.3. The number of hydrogen-bond acceptors (Lipinski definition) is 5. The fourth-order valence-electron chi connectivity index (χ4n) is 3.26. The van der Waals surface area contributed by atoms with Gasteiger partial charge in [0.25, 0.3) is 11.8 Å². The average molecular weight is 451 g/mol. The van der Waals surface area contributed by atoms with Crippen molar-refractivity contribution < 1.29 is 24.2 Å². The van der Waals surface area contributed by atoms with Gasteiger partial charge in [-0.15, -0.1) is 0 Å². The molecule has 0 spiro atoms. The Morgan fingerprint density at radius 2 is 1.67 bits per heavy atom. The Labute approximate surface area is 193 Å². The van der Waals surface area contributed by atoms with Crippen LogP contribution in [0.1, 0.15) is 48.0 Å². The Balaban J connectivity index is 1.40. The van der Waals surface area contributed by atoms with Gasteiger partial charge in [-0.1, -0.05) is 25.0 Å². The molecule has 0 saturated heterocycles. The zero-order valence-electron chi connectivity index (χ0n) is 18.6. The second-order valence-corrected chi connectivity index (χ2v) is 8.48. The van der Waals surface area contributed by atoms with Crippen LogP contribution in [0.2, 0.25) is 0 Å².